The van der Waals surface area contributed by atoms with Crippen molar-refractivity contribution in [2.24, 2.45) is 0 Å². The monoisotopic (exact) mass is 477 g/mol. The van der Waals surface area contributed by atoms with Crippen molar-refractivity contribution in [3.8, 4) is 23.0 Å². The molecule has 2 N–H and O–H groups in total. The number of ketones is 1. The molecule has 1 unspecified atom stereocenters. The lowest BCUT2D eigenvalue weighted by atomic mass is 9.94. The Kier molecular flexibility index (Phi) is 7.35. The Hall–Kier alpha value is -3.43. The number of rotatable bonds is 8. The van der Waals surface area contributed by atoms with E-state index in [9.17, 15) is 19.8 Å². The van der Waals surface area contributed by atoms with Crippen LogP contribution in [0.3, 0.4) is 0 Å². The third kappa shape index (κ3) is 4.42. The summed E-state index contributed by atoms with van der Waals surface area (Å²) in [5.41, 5.74) is 0.333. The SMILES string of the molecule is COCCN1C(=O)C(=O)/C(=C(/O)c2cc(OC)c(Cl)cc2OC)C1c1ccc(OC)c(O)c1. The molecule has 3 rings (SSSR count). The molecule has 10 heteroatoms. The number of aliphatic hydroxyl groups excluding tert-OH is 1. The highest BCUT2D eigenvalue weighted by atomic mass is 35.5. The van der Waals surface area contributed by atoms with Gasteiger partial charge in [0.15, 0.2) is 11.5 Å². The zero-order valence-electron chi connectivity index (χ0n) is 18.5. The van der Waals surface area contributed by atoms with Gasteiger partial charge in [0.25, 0.3) is 11.7 Å². The first-order valence-electron chi connectivity index (χ1n) is 9.85. The van der Waals surface area contributed by atoms with Crippen molar-refractivity contribution in [1.82, 2.24) is 4.90 Å². The van der Waals surface area contributed by atoms with Crippen LogP contribution < -0.4 is 14.2 Å². The summed E-state index contributed by atoms with van der Waals surface area (Å²) in [5, 5.41) is 21.8. The van der Waals surface area contributed by atoms with Crippen LogP contribution in [-0.4, -0.2) is 68.4 Å². The third-order valence-corrected chi connectivity index (χ3v) is 5.62. The molecule has 1 amide bonds. The molecule has 33 heavy (non-hydrogen) atoms. The predicted octanol–water partition coefficient (Wildman–Crippen LogP) is 3.14. The number of aliphatic hydroxyl groups is 1. The Morgan fingerprint density at radius 1 is 1.00 bits per heavy atom. The smallest absolute Gasteiger partial charge is 0.295 e. The van der Waals surface area contributed by atoms with Gasteiger partial charge in [0.1, 0.15) is 17.3 Å². The van der Waals surface area contributed by atoms with Gasteiger partial charge in [0.05, 0.1) is 50.1 Å². The van der Waals surface area contributed by atoms with Gasteiger partial charge in [-0.1, -0.05) is 17.7 Å². The predicted molar refractivity (Wildman–Crippen MR) is 120 cm³/mol. The van der Waals surface area contributed by atoms with Gasteiger partial charge < -0.3 is 34.1 Å². The number of benzene rings is 2. The van der Waals surface area contributed by atoms with Crippen molar-refractivity contribution in [2.45, 2.75) is 6.04 Å². The number of hydrogen-bond acceptors (Lipinski definition) is 8. The highest BCUT2D eigenvalue weighted by molar-refractivity contribution is 6.46. The van der Waals surface area contributed by atoms with E-state index in [4.69, 9.17) is 30.5 Å². The molecule has 176 valence electrons. The number of phenols is 1. The number of nitrogens with zero attached hydrogens (tertiary/aromatic N) is 1. The number of aromatic hydroxyl groups is 1. The molecule has 1 aliphatic rings. The largest absolute Gasteiger partial charge is 0.507 e. The van der Waals surface area contributed by atoms with Gasteiger partial charge in [0.2, 0.25) is 0 Å². The van der Waals surface area contributed by atoms with Gasteiger partial charge in [0, 0.05) is 19.7 Å². The average molecular weight is 478 g/mol. The first-order valence-corrected chi connectivity index (χ1v) is 10.2. The lowest BCUT2D eigenvalue weighted by molar-refractivity contribution is -0.140. The second-order valence-electron chi connectivity index (χ2n) is 7.10. The van der Waals surface area contributed by atoms with Crippen LogP contribution in [0.1, 0.15) is 17.2 Å². The Morgan fingerprint density at radius 3 is 2.24 bits per heavy atom. The van der Waals surface area contributed by atoms with E-state index >= 15 is 0 Å². The molecule has 0 aliphatic carbocycles. The van der Waals surface area contributed by atoms with E-state index in [-0.39, 0.29) is 52.3 Å². The average Bonchev–Trinajstić information content (AvgIpc) is 3.06. The number of carbonyl (C=O) groups excluding carboxylic acids is 2. The second kappa shape index (κ2) is 10.0. The minimum absolute atomic E-state index is 0.0797. The molecule has 0 aromatic heterocycles. The molecule has 1 heterocycles. The Morgan fingerprint density at radius 2 is 1.67 bits per heavy atom. The van der Waals surface area contributed by atoms with Crippen LogP contribution in [0.2, 0.25) is 5.02 Å². The lowest BCUT2D eigenvalue weighted by Crippen LogP contribution is -2.32. The molecular formula is C23H24ClNO8. The summed E-state index contributed by atoms with van der Waals surface area (Å²) in [5.74, 6) is -1.71. The fourth-order valence-electron chi connectivity index (χ4n) is 3.71. The van der Waals surface area contributed by atoms with Gasteiger partial charge in [-0.3, -0.25) is 9.59 Å². The molecule has 2 aromatic rings. The standard InChI is InChI=1S/C23H24ClNO8/c1-30-8-7-25-20(12-5-6-16(31-2)15(26)9-12)19(22(28)23(25)29)21(27)13-10-18(33-4)14(24)11-17(13)32-3/h5-6,9-11,20,26-27H,7-8H2,1-4H3/b21-19+. The van der Waals surface area contributed by atoms with Crippen molar-refractivity contribution in [2.75, 3.05) is 41.6 Å². The minimum Gasteiger partial charge on any atom is -0.507 e. The topological polar surface area (TPSA) is 115 Å². The highest BCUT2D eigenvalue weighted by Crippen LogP contribution is 2.44. The molecule has 0 bridgehead atoms. The Labute approximate surface area is 195 Å². The molecule has 1 atom stereocenters. The van der Waals surface area contributed by atoms with Crippen LogP contribution >= 0.6 is 11.6 Å². The number of likely N-dealkylation sites (tertiary alicyclic amines) is 1. The van der Waals surface area contributed by atoms with Crippen molar-refractivity contribution < 1.29 is 38.7 Å². The number of halogens is 1. The molecule has 0 spiro atoms. The van der Waals surface area contributed by atoms with Crippen LogP contribution in [0.4, 0.5) is 0 Å². The summed E-state index contributed by atoms with van der Waals surface area (Å²) in [6, 6.07) is 6.34. The maximum absolute atomic E-state index is 13.1. The third-order valence-electron chi connectivity index (χ3n) is 5.32. The highest BCUT2D eigenvalue weighted by Gasteiger charge is 2.46. The van der Waals surface area contributed by atoms with Gasteiger partial charge >= 0.3 is 0 Å². The number of carbonyl (C=O) groups is 2. The normalized spacial score (nSPS) is 17.4. The summed E-state index contributed by atoms with van der Waals surface area (Å²) < 4.78 is 20.7. The fraction of sp³-hybridized carbons (Fsp3) is 0.304. The quantitative estimate of drug-likeness (QED) is 0.338. The van der Waals surface area contributed by atoms with Crippen LogP contribution in [0.25, 0.3) is 5.76 Å². The van der Waals surface area contributed by atoms with Gasteiger partial charge in [-0.05, 0) is 23.8 Å². The first-order chi connectivity index (χ1) is 15.8. The summed E-state index contributed by atoms with van der Waals surface area (Å²) in [6.07, 6.45) is 0. The molecule has 1 fully saturated rings. The van der Waals surface area contributed by atoms with Crippen LogP contribution in [-0.2, 0) is 14.3 Å². The molecular weight excluding hydrogens is 454 g/mol. The van der Waals surface area contributed by atoms with E-state index in [1.807, 2.05) is 0 Å². The van der Waals surface area contributed by atoms with Crippen molar-refractivity contribution in [3.05, 3.63) is 52.1 Å². The molecule has 1 saturated heterocycles. The van der Waals surface area contributed by atoms with E-state index in [1.165, 1.54) is 57.6 Å². The first kappa shape index (κ1) is 24.2. The van der Waals surface area contributed by atoms with E-state index in [2.05, 4.69) is 0 Å². The van der Waals surface area contributed by atoms with Crippen molar-refractivity contribution in [1.29, 1.82) is 0 Å². The van der Waals surface area contributed by atoms with Crippen molar-refractivity contribution in [3.63, 3.8) is 0 Å². The van der Waals surface area contributed by atoms with Crippen LogP contribution in [0, 0.1) is 0 Å². The summed E-state index contributed by atoms with van der Waals surface area (Å²) >= 11 is 6.16. The molecule has 0 radical (unpaired) electrons. The van der Waals surface area contributed by atoms with Gasteiger partial charge in [-0.15, -0.1) is 0 Å². The Balaban J connectivity index is 2.26. The number of amides is 1. The van der Waals surface area contributed by atoms with E-state index in [1.54, 1.807) is 6.07 Å². The molecule has 2 aromatic carbocycles. The summed E-state index contributed by atoms with van der Waals surface area (Å²) in [6.45, 7) is 0.236. The maximum atomic E-state index is 13.1. The molecule has 9 nitrogen and oxygen atoms in total. The maximum Gasteiger partial charge on any atom is 0.295 e. The van der Waals surface area contributed by atoms with E-state index < -0.39 is 23.5 Å². The summed E-state index contributed by atoms with van der Waals surface area (Å²) in [4.78, 5) is 27.2. The number of hydrogen-bond donors (Lipinski definition) is 2. The zero-order chi connectivity index (χ0) is 24.3. The van der Waals surface area contributed by atoms with Crippen LogP contribution in [0.15, 0.2) is 35.9 Å². The second-order valence-corrected chi connectivity index (χ2v) is 7.51. The molecule has 1 aliphatic heterocycles. The molecule has 0 saturated carbocycles. The van der Waals surface area contributed by atoms with Crippen LogP contribution in [0.5, 0.6) is 23.0 Å². The van der Waals surface area contributed by atoms with E-state index in [0.29, 0.717) is 5.56 Å². The van der Waals surface area contributed by atoms with Gasteiger partial charge in [-0.25, -0.2) is 0 Å². The summed E-state index contributed by atoms with van der Waals surface area (Å²) in [7, 11) is 5.65. The zero-order valence-corrected chi connectivity index (χ0v) is 19.3. The Bertz CT molecular complexity index is 1110. The van der Waals surface area contributed by atoms with E-state index in [0.717, 1.165) is 0 Å². The lowest BCUT2D eigenvalue weighted by Gasteiger charge is -2.25. The number of phenolic OH excluding ortho intramolecular Hbond substituents is 1. The number of methoxy groups -OCH3 is 4. The van der Waals surface area contributed by atoms with Gasteiger partial charge in [-0.2, -0.15) is 0 Å². The minimum atomic E-state index is -0.997. The number of Topliss-reactive ketones (excluding diaryl/α,β-unsaturated/α-hetero) is 1. The number of ether oxygens (including phenoxy) is 4. The van der Waals surface area contributed by atoms with Crippen molar-refractivity contribution >= 4 is 29.1 Å². The fourth-order valence-corrected chi connectivity index (χ4v) is 3.95.